The number of hydrogen-bond donors (Lipinski definition) is 2. The summed E-state index contributed by atoms with van der Waals surface area (Å²) >= 11 is 3.36. The first kappa shape index (κ1) is 20.8. The maximum Gasteiger partial charge on any atom is 0.293 e. The maximum atomic E-state index is 12.4. The molecule has 2 aromatic carbocycles. The van der Waals surface area contributed by atoms with Crippen molar-refractivity contribution in [3.8, 4) is 0 Å². The smallest absolute Gasteiger partial charge is 0.293 e. The van der Waals surface area contributed by atoms with Gasteiger partial charge in [-0.1, -0.05) is 15.9 Å². The molecular weight excluding hydrogens is 440 g/mol. The molecule has 3 rings (SSSR count). The quantitative estimate of drug-likeness (QED) is 0.505. The van der Waals surface area contributed by atoms with Crippen molar-refractivity contribution in [3.63, 3.8) is 0 Å². The number of amides is 2. The summed E-state index contributed by atoms with van der Waals surface area (Å²) < 4.78 is 0.903. The zero-order chi connectivity index (χ0) is 21.0. The first-order valence-corrected chi connectivity index (χ1v) is 10.0. The second-order valence-corrected chi connectivity index (χ2v) is 7.76. The van der Waals surface area contributed by atoms with Crippen LogP contribution in [0.4, 0.5) is 17.1 Å². The Balaban J connectivity index is 1.64. The van der Waals surface area contributed by atoms with Gasteiger partial charge in [-0.25, -0.2) is 0 Å². The minimum Gasteiger partial charge on any atom is -0.366 e. The number of halogens is 1. The summed E-state index contributed by atoms with van der Waals surface area (Å²) in [5.74, 6) is -0.921. The molecule has 0 aromatic heterocycles. The highest BCUT2D eigenvalue weighted by molar-refractivity contribution is 9.10. The Kier molecular flexibility index (Phi) is 6.48. The van der Waals surface area contributed by atoms with Crippen LogP contribution in [0.3, 0.4) is 0 Å². The van der Waals surface area contributed by atoms with Gasteiger partial charge in [0.05, 0.1) is 11.5 Å². The van der Waals surface area contributed by atoms with Gasteiger partial charge in [0, 0.05) is 34.9 Å². The Hall–Kier alpha value is -2.94. The van der Waals surface area contributed by atoms with Gasteiger partial charge in [-0.3, -0.25) is 19.7 Å². The molecule has 9 heteroatoms. The van der Waals surface area contributed by atoms with Crippen molar-refractivity contribution in [2.24, 2.45) is 0 Å². The second kappa shape index (κ2) is 9.04. The standard InChI is InChI=1S/C20H21BrN4O4/c1-13-10-15(21)5-6-16(13)23-19(26)12-22-20(27)14-4-7-17(18(11-14)25(28)29)24-8-2-3-9-24/h4-7,10-11H,2-3,8-9,12H2,1H3,(H,22,27)(H,23,26). The van der Waals surface area contributed by atoms with Gasteiger partial charge < -0.3 is 15.5 Å². The van der Waals surface area contributed by atoms with Gasteiger partial charge in [0.25, 0.3) is 11.6 Å². The molecule has 1 saturated heterocycles. The van der Waals surface area contributed by atoms with E-state index in [1.807, 2.05) is 24.0 Å². The van der Waals surface area contributed by atoms with E-state index in [2.05, 4.69) is 26.6 Å². The number of nitro benzene ring substituents is 1. The molecule has 29 heavy (non-hydrogen) atoms. The van der Waals surface area contributed by atoms with Crippen molar-refractivity contribution in [2.75, 3.05) is 29.9 Å². The van der Waals surface area contributed by atoms with E-state index in [1.165, 1.54) is 6.07 Å². The number of rotatable bonds is 6. The van der Waals surface area contributed by atoms with Gasteiger partial charge in [-0.2, -0.15) is 0 Å². The summed E-state index contributed by atoms with van der Waals surface area (Å²) in [6.07, 6.45) is 1.98. The zero-order valence-corrected chi connectivity index (χ0v) is 17.5. The van der Waals surface area contributed by atoms with Crippen LogP contribution in [-0.2, 0) is 4.79 Å². The number of carbonyl (C=O) groups is 2. The maximum absolute atomic E-state index is 12.4. The average Bonchev–Trinajstić information content (AvgIpc) is 3.22. The fourth-order valence-electron chi connectivity index (χ4n) is 3.26. The molecule has 2 amide bonds. The van der Waals surface area contributed by atoms with Gasteiger partial charge in [0.15, 0.2) is 0 Å². The van der Waals surface area contributed by atoms with Crippen LogP contribution in [0, 0.1) is 17.0 Å². The fourth-order valence-corrected chi connectivity index (χ4v) is 3.74. The molecule has 0 saturated carbocycles. The second-order valence-electron chi connectivity index (χ2n) is 6.84. The molecule has 1 aliphatic heterocycles. The number of nitrogens with one attached hydrogen (secondary N) is 2. The summed E-state index contributed by atoms with van der Waals surface area (Å²) in [7, 11) is 0. The minimum atomic E-state index is -0.538. The van der Waals surface area contributed by atoms with Crippen molar-refractivity contribution < 1.29 is 14.5 Å². The summed E-state index contributed by atoms with van der Waals surface area (Å²) in [5, 5.41) is 16.7. The van der Waals surface area contributed by atoms with Crippen LogP contribution < -0.4 is 15.5 Å². The average molecular weight is 461 g/mol. The van der Waals surface area contributed by atoms with E-state index in [1.54, 1.807) is 18.2 Å². The molecule has 2 aromatic rings. The van der Waals surface area contributed by atoms with E-state index in [0.29, 0.717) is 11.4 Å². The van der Waals surface area contributed by atoms with E-state index in [-0.39, 0.29) is 23.7 Å². The molecule has 8 nitrogen and oxygen atoms in total. The Bertz CT molecular complexity index is 957. The molecule has 0 spiro atoms. The van der Waals surface area contributed by atoms with Gasteiger partial charge in [-0.05, 0) is 55.7 Å². The van der Waals surface area contributed by atoms with Gasteiger partial charge in [0.2, 0.25) is 5.91 Å². The Morgan fingerprint density at radius 3 is 2.55 bits per heavy atom. The predicted molar refractivity (Wildman–Crippen MR) is 114 cm³/mol. The molecule has 0 unspecified atom stereocenters. The highest BCUT2D eigenvalue weighted by Crippen LogP contribution is 2.31. The summed E-state index contributed by atoms with van der Waals surface area (Å²) in [6, 6.07) is 9.85. The lowest BCUT2D eigenvalue weighted by Crippen LogP contribution is -2.33. The highest BCUT2D eigenvalue weighted by Gasteiger charge is 2.24. The van der Waals surface area contributed by atoms with Crippen LogP contribution in [-0.4, -0.2) is 36.4 Å². The topological polar surface area (TPSA) is 105 Å². The van der Waals surface area contributed by atoms with Crippen molar-refractivity contribution >= 4 is 44.8 Å². The number of anilines is 2. The molecule has 1 aliphatic rings. The third kappa shape index (κ3) is 5.11. The van der Waals surface area contributed by atoms with E-state index in [9.17, 15) is 19.7 Å². The molecule has 2 N–H and O–H groups in total. The van der Waals surface area contributed by atoms with Crippen molar-refractivity contribution in [1.29, 1.82) is 0 Å². The number of nitrogens with zero attached hydrogens (tertiary/aromatic N) is 2. The molecule has 0 radical (unpaired) electrons. The SMILES string of the molecule is Cc1cc(Br)ccc1NC(=O)CNC(=O)c1ccc(N2CCCC2)c([N+](=O)[O-])c1. The lowest BCUT2D eigenvalue weighted by atomic mass is 10.1. The lowest BCUT2D eigenvalue weighted by Gasteiger charge is -2.17. The predicted octanol–water partition coefficient (Wildman–Crippen LogP) is 3.63. The summed E-state index contributed by atoms with van der Waals surface area (Å²) in [6.45, 7) is 3.15. The van der Waals surface area contributed by atoms with E-state index < -0.39 is 10.8 Å². The van der Waals surface area contributed by atoms with Crippen molar-refractivity contribution in [3.05, 3.63) is 62.1 Å². The minimum absolute atomic E-state index is 0.102. The van der Waals surface area contributed by atoms with Crippen LogP contribution in [0.25, 0.3) is 0 Å². The Labute approximate surface area is 176 Å². The van der Waals surface area contributed by atoms with Crippen LogP contribution in [0.1, 0.15) is 28.8 Å². The van der Waals surface area contributed by atoms with Gasteiger partial charge in [0.1, 0.15) is 5.69 Å². The highest BCUT2D eigenvalue weighted by atomic mass is 79.9. The normalized spacial score (nSPS) is 13.2. The monoisotopic (exact) mass is 460 g/mol. The third-order valence-corrected chi connectivity index (χ3v) is 5.25. The first-order chi connectivity index (χ1) is 13.8. The van der Waals surface area contributed by atoms with Crippen LogP contribution in [0.2, 0.25) is 0 Å². The zero-order valence-electron chi connectivity index (χ0n) is 15.9. The lowest BCUT2D eigenvalue weighted by molar-refractivity contribution is -0.384. The molecule has 1 heterocycles. The summed E-state index contributed by atoms with van der Waals surface area (Å²) in [5.41, 5.74) is 2.10. The molecule has 0 bridgehead atoms. The summed E-state index contributed by atoms with van der Waals surface area (Å²) in [4.78, 5) is 37.5. The number of benzene rings is 2. The molecule has 0 aliphatic carbocycles. The number of carbonyl (C=O) groups excluding carboxylic acids is 2. The van der Waals surface area contributed by atoms with E-state index in [0.717, 1.165) is 36.0 Å². The van der Waals surface area contributed by atoms with Crippen LogP contribution in [0.15, 0.2) is 40.9 Å². The number of aryl methyl sites for hydroxylation is 1. The largest absolute Gasteiger partial charge is 0.366 e. The molecule has 0 atom stereocenters. The molecule has 152 valence electrons. The van der Waals surface area contributed by atoms with Gasteiger partial charge in [-0.15, -0.1) is 0 Å². The van der Waals surface area contributed by atoms with E-state index in [4.69, 9.17) is 0 Å². The Morgan fingerprint density at radius 1 is 1.17 bits per heavy atom. The Morgan fingerprint density at radius 2 is 1.90 bits per heavy atom. The number of nitro groups is 1. The van der Waals surface area contributed by atoms with Crippen molar-refractivity contribution in [1.82, 2.24) is 5.32 Å². The fraction of sp³-hybridized carbons (Fsp3) is 0.300. The first-order valence-electron chi connectivity index (χ1n) is 9.23. The number of hydrogen-bond acceptors (Lipinski definition) is 5. The van der Waals surface area contributed by atoms with Crippen LogP contribution in [0.5, 0.6) is 0 Å². The van der Waals surface area contributed by atoms with Crippen LogP contribution >= 0.6 is 15.9 Å². The molecular formula is C20H21BrN4O4. The van der Waals surface area contributed by atoms with Crippen molar-refractivity contribution in [2.45, 2.75) is 19.8 Å². The third-order valence-electron chi connectivity index (χ3n) is 4.75. The van der Waals surface area contributed by atoms with E-state index >= 15 is 0 Å². The molecule has 1 fully saturated rings. The van der Waals surface area contributed by atoms with Gasteiger partial charge >= 0.3 is 0 Å².